The topological polar surface area (TPSA) is 81.3 Å². The van der Waals surface area contributed by atoms with Gasteiger partial charge in [0.2, 0.25) is 5.91 Å². The first kappa shape index (κ1) is 20.3. The first-order valence-electron chi connectivity index (χ1n) is 10.9. The second-order valence-corrected chi connectivity index (χ2v) is 8.14. The van der Waals surface area contributed by atoms with E-state index in [0.717, 1.165) is 43.4 Å². The zero-order valence-electron chi connectivity index (χ0n) is 17.7. The van der Waals surface area contributed by atoms with E-state index < -0.39 is 0 Å². The smallest absolute Gasteiger partial charge is 0.293 e. The van der Waals surface area contributed by atoms with Gasteiger partial charge in [-0.1, -0.05) is 56.9 Å². The number of rotatable bonds is 5. The van der Waals surface area contributed by atoms with Gasteiger partial charge in [0, 0.05) is 11.6 Å². The summed E-state index contributed by atoms with van der Waals surface area (Å²) < 4.78 is 2.81. The number of benzene rings is 1. The maximum absolute atomic E-state index is 13.0. The minimum Gasteiger partial charge on any atom is -0.352 e. The fourth-order valence-corrected chi connectivity index (χ4v) is 4.17. The third-order valence-corrected chi connectivity index (χ3v) is 5.91. The third-order valence-electron chi connectivity index (χ3n) is 5.91. The van der Waals surface area contributed by atoms with E-state index in [-0.39, 0.29) is 24.1 Å². The lowest BCUT2D eigenvalue weighted by molar-refractivity contribution is -0.122. The van der Waals surface area contributed by atoms with Crippen LogP contribution in [-0.2, 0) is 17.8 Å². The minimum atomic E-state index is -0.305. The molecule has 1 amide bonds. The van der Waals surface area contributed by atoms with Crippen LogP contribution in [0.3, 0.4) is 0 Å². The Morgan fingerprint density at radius 1 is 1.10 bits per heavy atom. The van der Waals surface area contributed by atoms with Gasteiger partial charge in [0.1, 0.15) is 17.9 Å². The first-order valence-corrected chi connectivity index (χ1v) is 10.9. The van der Waals surface area contributed by atoms with Crippen LogP contribution >= 0.6 is 0 Å². The average molecular weight is 408 g/mol. The highest BCUT2D eigenvalue weighted by Crippen LogP contribution is 2.20. The molecule has 1 aliphatic carbocycles. The molecule has 158 valence electrons. The van der Waals surface area contributed by atoms with Crippen molar-refractivity contribution in [1.82, 2.24) is 24.7 Å². The molecule has 1 fully saturated rings. The van der Waals surface area contributed by atoms with E-state index in [2.05, 4.69) is 34.6 Å². The molecule has 2 heterocycles. The summed E-state index contributed by atoms with van der Waals surface area (Å²) in [6.07, 6.45) is 7.74. The number of nitrogens with zero attached hydrogens (tertiary/aromatic N) is 4. The molecule has 0 radical (unpaired) electrons. The number of fused-ring (bicyclic) bond motifs is 1. The largest absolute Gasteiger partial charge is 0.352 e. The standard InChI is InChI=1S/C23H29N5O2/c1-3-17-10-12-18(13-11-17)20-14-21-23(30)27(25-16(2)28(21)26-20)15-22(29)24-19-8-6-4-5-7-9-19/h10-14,19H,3-9,15H2,1-2H3,(H,24,29). The van der Waals surface area contributed by atoms with Crippen LogP contribution in [0.4, 0.5) is 0 Å². The molecule has 1 N–H and O–H groups in total. The number of aryl methyl sites for hydroxylation is 2. The Morgan fingerprint density at radius 3 is 2.47 bits per heavy atom. The van der Waals surface area contributed by atoms with Crippen molar-refractivity contribution in [3.8, 4) is 11.3 Å². The van der Waals surface area contributed by atoms with Crippen LogP contribution in [0.25, 0.3) is 16.8 Å². The van der Waals surface area contributed by atoms with E-state index >= 15 is 0 Å². The minimum absolute atomic E-state index is 0.0710. The Bertz CT molecular complexity index is 1090. The SMILES string of the molecule is CCc1ccc(-c2cc3c(=O)n(CC(=O)NC4CCCCCC4)nc(C)n3n2)cc1. The van der Waals surface area contributed by atoms with Crippen molar-refractivity contribution in [3.05, 3.63) is 52.1 Å². The Morgan fingerprint density at radius 2 is 1.80 bits per heavy atom. The van der Waals surface area contributed by atoms with Gasteiger partial charge in [0.05, 0.1) is 5.69 Å². The highest BCUT2D eigenvalue weighted by molar-refractivity contribution is 5.76. The molecule has 7 heteroatoms. The molecule has 1 saturated carbocycles. The van der Waals surface area contributed by atoms with E-state index in [1.54, 1.807) is 17.5 Å². The summed E-state index contributed by atoms with van der Waals surface area (Å²) >= 11 is 0. The lowest BCUT2D eigenvalue weighted by Gasteiger charge is -2.16. The van der Waals surface area contributed by atoms with Gasteiger partial charge in [0.15, 0.2) is 0 Å². The van der Waals surface area contributed by atoms with E-state index in [1.807, 2.05) is 12.1 Å². The highest BCUT2D eigenvalue weighted by Gasteiger charge is 2.18. The summed E-state index contributed by atoms with van der Waals surface area (Å²) in [6.45, 7) is 3.84. The molecule has 0 aliphatic heterocycles. The zero-order chi connectivity index (χ0) is 21.1. The summed E-state index contributed by atoms with van der Waals surface area (Å²) in [5.41, 5.74) is 3.05. The molecular weight excluding hydrogens is 378 g/mol. The van der Waals surface area contributed by atoms with E-state index in [9.17, 15) is 9.59 Å². The van der Waals surface area contributed by atoms with Crippen LogP contribution in [-0.4, -0.2) is 31.3 Å². The van der Waals surface area contributed by atoms with E-state index in [4.69, 9.17) is 0 Å². The van der Waals surface area contributed by atoms with Crippen molar-refractivity contribution >= 4 is 11.4 Å². The maximum atomic E-state index is 13.0. The first-order chi connectivity index (χ1) is 14.5. The van der Waals surface area contributed by atoms with E-state index in [0.29, 0.717) is 11.3 Å². The molecule has 0 atom stereocenters. The highest BCUT2D eigenvalue weighted by atomic mass is 16.2. The molecule has 0 spiro atoms. The Balaban J connectivity index is 1.57. The van der Waals surface area contributed by atoms with Crippen molar-refractivity contribution < 1.29 is 4.79 Å². The zero-order valence-corrected chi connectivity index (χ0v) is 17.7. The Hall–Kier alpha value is -2.96. The average Bonchev–Trinajstić information content (AvgIpc) is 3.05. The summed E-state index contributed by atoms with van der Waals surface area (Å²) in [5, 5.41) is 12.0. The molecule has 0 unspecified atom stereocenters. The lowest BCUT2D eigenvalue weighted by Crippen LogP contribution is -2.40. The van der Waals surface area contributed by atoms with Crippen LogP contribution in [0.1, 0.15) is 56.8 Å². The van der Waals surface area contributed by atoms with Crippen LogP contribution < -0.4 is 10.9 Å². The number of carbonyl (C=O) groups is 1. The van der Waals surface area contributed by atoms with Crippen LogP contribution in [0, 0.1) is 6.92 Å². The number of carbonyl (C=O) groups excluding carboxylic acids is 1. The molecule has 0 bridgehead atoms. The molecule has 30 heavy (non-hydrogen) atoms. The fourth-order valence-electron chi connectivity index (χ4n) is 4.17. The van der Waals surface area contributed by atoms with Crippen LogP contribution in [0.2, 0.25) is 0 Å². The summed E-state index contributed by atoms with van der Waals surface area (Å²) in [5.74, 6) is 0.415. The van der Waals surface area contributed by atoms with Gasteiger partial charge in [-0.25, -0.2) is 9.20 Å². The van der Waals surface area contributed by atoms with Gasteiger partial charge < -0.3 is 5.32 Å². The summed E-state index contributed by atoms with van der Waals surface area (Å²) in [4.78, 5) is 25.5. The lowest BCUT2D eigenvalue weighted by atomic mass is 10.1. The van der Waals surface area contributed by atoms with Gasteiger partial charge in [0.25, 0.3) is 5.56 Å². The molecule has 7 nitrogen and oxygen atoms in total. The number of hydrogen-bond acceptors (Lipinski definition) is 4. The van der Waals surface area contributed by atoms with Crippen molar-refractivity contribution in [3.63, 3.8) is 0 Å². The van der Waals surface area contributed by atoms with Crippen LogP contribution in [0.15, 0.2) is 35.1 Å². The predicted octanol–water partition coefficient (Wildman–Crippen LogP) is 3.27. The molecule has 2 aromatic heterocycles. The van der Waals surface area contributed by atoms with Crippen molar-refractivity contribution in [2.24, 2.45) is 0 Å². The monoisotopic (exact) mass is 407 g/mol. The van der Waals surface area contributed by atoms with E-state index in [1.165, 1.54) is 23.1 Å². The number of hydrogen-bond donors (Lipinski definition) is 1. The molecule has 1 aromatic carbocycles. The third kappa shape index (κ3) is 4.30. The number of aromatic nitrogens is 4. The van der Waals surface area contributed by atoms with Crippen molar-refractivity contribution in [1.29, 1.82) is 0 Å². The normalized spacial score (nSPS) is 15.3. The van der Waals surface area contributed by atoms with Gasteiger partial charge in [-0.15, -0.1) is 0 Å². The van der Waals surface area contributed by atoms with Gasteiger partial charge in [-0.3, -0.25) is 9.59 Å². The van der Waals surface area contributed by atoms with Gasteiger partial charge in [-0.05, 0) is 37.8 Å². The molecule has 1 aliphatic rings. The van der Waals surface area contributed by atoms with Crippen molar-refractivity contribution in [2.45, 2.75) is 71.4 Å². The summed E-state index contributed by atoms with van der Waals surface area (Å²) in [6, 6.07) is 10.1. The number of amides is 1. The second kappa shape index (κ2) is 8.81. The molecule has 0 saturated heterocycles. The van der Waals surface area contributed by atoms with Gasteiger partial charge >= 0.3 is 0 Å². The second-order valence-electron chi connectivity index (χ2n) is 8.14. The number of nitrogens with one attached hydrogen (secondary N) is 1. The Kier molecular flexibility index (Phi) is 5.97. The molecular formula is C23H29N5O2. The predicted molar refractivity (Wildman–Crippen MR) is 116 cm³/mol. The fraction of sp³-hybridized carbons (Fsp3) is 0.478. The van der Waals surface area contributed by atoms with Crippen molar-refractivity contribution in [2.75, 3.05) is 0 Å². The van der Waals surface area contributed by atoms with Crippen LogP contribution in [0.5, 0.6) is 0 Å². The Labute approximate surface area is 176 Å². The molecule has 3 aromatic rings. The summed E-state index contributed by atoms with van der Waals surface area (Å²) in [7, 11) is 0. The maximum Gasteiger partial charge on any atom is 0.293 e. The molecule has 4 rings (SSSR count). The van der Waals surface area contributed by atoms with Gasteiger partial charge in [-0.2, -0.15) is 10.2 Å². The quantitative estimate of drug-likeness (QED) is 0.658.